The van der Waals surface area contributed by atoms with E-state index < -0.39 is 5.69 Å². The summed E-state index contributed by atoms with van der Waals surface area (Å²) in [7, 11) is 0. The Hall–Kier alpha value is -7.70. The van der Waals surface area contributed by atoms with Crippen LogP contribution < -0.4 is 11.2 Å². The number of nitrogens with zero attached hydrogens (tertiary/aromatic N) is 2. The van der Waals surface area contributed by atoms with Gasteiger partial charge in [0.15, 0.2) is 0 Å². The Balaban J connectivity index is 1.07. The van der Waals surface area contributed by atoms with Crippen LogP contribution in [0.1, 0.15) is 0 Å². The smallest absolute Gasteiger partial charge is 0.340 e. The van der Waals surface area contributed by atoms with E-state index >= 15 is 0 Å². The van der Waals surface area contributed by atoms with Crippen molar-refractivity contribution >= 4 is 54.8 Å². The van der Waals surface area contributed by atoms with Crippen molar-refractivity contribution < 1.29 is 8.83 Å². The molecule has 0 saturated carbocycles. The minimum atomic E-state index is -0.464. The van der Waals surface area contributed by atoms with E-state index in [1.165, 1.54) is 4.57 Å². The summed E-state index contributed by atoms with van der Waals surface area (Å²) < 4.78 is 15.5. The highest BCUT2D eigenvalue weighted by atomic mass is 16.3. The van der Waals surface area contributed by atoms with Gasteiger partial charge in [-0.25, -0.2) is 9.36 Å². The Labute approximate surface area is 319 Å². The van der Waals surface area contributed by atoms with Crippen molar-refractivity contribution in [1.29, 1.82) is 0 Å². The minimum Gasteiger partial charge on any atom is -0.455 e. The molecule has 3 heterocycles. The summed E-state index contributed by atoms with van der Waals surface area (Å²) in [5.41, 5.74) is 9.64. The van der Waals surface area contributed by atoms with Gasteiger partial charge in [0.2, 0.25) is 0 Å². The lowest BCUT2D eigenvalue weighted by molar-refractivity contribution is 0.669. The fourth-order valence-corrected chi connectivity index (χ4v) is 8.13. The average Bonchev–Trinajstić information content (AvgIpc) is 3.83. The summed E-state index contributed by atoms with van der Waals surface area (Å²) in [6.45, 7) is 0. The monoisotopic (exact) mass is 722 g/mol. The van der Waals surface area contributed by atoms with Crippen LogP contribution >= 0.6 is 0 Å². The van der Waals surface area contributed by atoms with E-state index in [4.69, 9.17) is 8.83 Å². The van der Waals surface area contributed by atoms with Crippen LogP contribution in [-0.4, -0.2) is 9.13 Å². The van der Waals surface area contributed by atoms with Crippen LogP contribution in [0.15, 0.2) is 200 Å². The molecule has 0 aliphatic heterocycles. The Bertz CT molecular complexity index is 3440. The number of furan rings is 2. The molecule has 0 saturated heterocycles. The molecule has 11 aromatic rings. The minimum absolute atomic E-state index is 0.389. The second kappa shape index (κ2) is 12.4. The van der Waals surface area contributed by atoms with Gasteiger partial charge in [-0.05, 0) is 70.8 Å². The number of aromatic nitrogens is 2. The maximum atomic E-state index is 14.7. The third-order valence-electron chi connectivity index (χ3n) is 10.8. The number of para-hydroxylation sites is 4. The molecular formula is C50H30N2O4. The highest BCUT2D eigenvalue weighted by Crippen LogP contribution is 2.37. The third kappa shape index (κ3) is 4.90. The molecule has 8 aromatic carbocycles. The molecule has 264 valence electrons. The summed E-state index contributed by atoms with van der Waals surface area (Å²) in [6.07, 6.45) is 0. The number of fused-ring (bicyclic) bond motifs is 7. The fourth-order valence-electron chi connectivity index (χ4n) is 8.13. The van der Waals surface area contributed by atoms with Crippen molar-refractivity contribution in [2.75, 3.05) is 0 Å². The first-order chi connectivity index (χ1) is 27.6. The zero-order valence-electron chi connectivity index (χ0n) is 29.8. The highest BCUT2D eigenvalue weighted by molar-refractivity contribution is 6.10. The summed E-state index contributed by atoms with van der Waals surface area (Å²) in [6, 6.07) is 59.3. The van der Waals surface area contributed by atoms with E-state index in [-0.39, 0.29) is 5.56 Å². The second-order valence-electron chi connectivity index (χ2n) is 14.0. The first-order valence-electron chi connectivity index (χ1n) is 18.5. The maximum Gasteiger partial charge on any atom is 0.340 e. The van der Waals surface area contributed by atoms with Crippen LogP contribution in [-0.2, 0) is 0 Å². The van der Waals surface area contributed by atoms with Crippen molar-refractivity contribution in [3.8, 4) is 44.8 Å². The lowest BCUT2D eigenvalue weighted by atomic mass is 10.0. The quantitative estimate of drug-likeness (QED) is 0.177. The molecular weight excluding hydrogens is 693 g/mol. The van der Waals surface area contributed by atoms with Crippen molar-refractivity contribution in [2.45, 2.75) is 0 Å². The van der Waals surface area contributed by atoms with E-state index in [1.807, 2.05) is 158 Å². The van der Waals surface area contributed by atoms with Crippen LogP contribution in [0.4, 0.5) is 0 Å². The molecule has 0 amide bonds. The molecule has 0 radical (unpaired) electrons. The van der Waals surface area contributed by atoms with Gasteiger partial charge in [0, 0.05) is 32.7 Å². The Morgan fingerprint density at radius 1 is 0.357 bits per heavy atom. The van der Waals surface area contributed by atoms with Crippen LogP contribution in [0.25, 0.3) is 99.5 Å². The van der Waals surface area contributed by atoms with Gasteiger partial charge in [0.1, 0.15) is 22.3 Å². The van der Waals surface area contributed by atoms with Crippen molar-refractivity contribution in [2.24, 2.45) is 0 Å². The molecule has 0 bridgehead atoms. The van der Waals surface area contributed by atoms with E-state index in [2.05, 4.69) is 24.3 Å². The van der Waals surface area contributed by atoms with E-state index in [0.29, 0.717) is 22.3 Å². The largest absolute Gasteiger partial charge is 0.455 e. The molecule has 6 nitrogen and oxygen atoms in total. The fraction of sp³-hybridized carbons (Fsp3) is 0. The summed E-state index contributed by atoms with van der Waals surface area (Å²) in [5.74, 6) is 0. The molecule has 56 heavy (non-hydrogen) atoms. The molecule has 0 N–H and O–H groups in total. The van der Waals surface area contributed by atoms with E-state index in [0.717, 1.165) is 77.3 Å². The zero-order chi connectivity index (χ0) is 37.3. The van der Waals surface area contributed by atoms with E-state index in [1.54, 1.807) is 4.57 Å². The highest BCUT2D eigenvalue weighted by Gasteiger charge is 2.19. The molecule has 0 aliphatic carbocycles. The molecule has 0 aliphatic rings. The molecule has 11 rings (SSSR count). The summed E-state index contributed by atoms with van der Waals surface area (Å²) in [5, 5.41) is 4.63. The molecule has 0 fully saturated rings. The topological polar surface area (TPSA) is 70.3 Å². The van der Waals surface area contributed by atoms with Gasteiger partial charge < -0.3 is 8.83 Å². The Morgan fingerprint density at radius 2 is 0.839 bits per heavy atom. The lowest BCUT2D eigenvalue weighted by Gasteiger charge is -2.16. The Kier molecular flexibility index (Phi) is 7.06. The van der Waals surface area contributed by atoms with Crippen molar-refractivity contribution in [1.82, 2.24) is 9.13 Å². The number of benzene rings is 8. The van der Waals surface area contributed by atoms with Crippen LogP contribution in [0.2, 0.25) is 0 Å². The standard InChI is InChI=1S/C50H30N2O4/c53-49-43-30-34(31-10-2-1-3-11-31)24-29-44(43)51(35-25-20-32(21-26-35)37-14-8-16-41-39-12-4-6-18-45(39)55-47(37)41)50(54)52(49)36-27-22-33(23-28-36)38-15-9-17-42-40-13-5-7-19-46(40)56-48(38)42/h1-30H. The first kappa shape index (κ1) is 31.8. The predicted octanol–water partition coefficient (Wildman–Crippen LogP) is 11.9. The van der Waals surface area contributed by atoms with Gasteiger partial charge in [0.25, 0.3) is 5.56 Å². The average molecular weight is 723 g/mol. The SMILES string of the molecule is O=c1c2cc(-c3ccccc3)ccc2n(-c2ccc(-c3cccc4c3oc3ccccc34)cc2)c(=O)n1-c1ccc(-c2cccc3c2oc2ccccc23)cc1. The van der Waals surface area contributed by atoms with Crippen LogP contribution in [0, 0.1) is 0 Å². The maximum absolute atomic E-state index is 14.7. The van der Waals surface area contributed by atoms with Crippen molar-refractivity contribution in [3.05, 3.63) is 203 Å². The zero-order valence-corrected chi connectivity index (χ0v) is 29.8. The van der Waals surface area contributed by atoms with Gasteiger partial charge in [-0.15, -0.1) is 0 Å². The van der Waals surface area contributed by atoms with Gasteiger partial charge in [-0.3, -0.25) is 9.36 Å². The molecule has 0 spiro atoms. The number of hydrogen-bond acceptors (Lipinski definition) is 4. The van der Waals surface area contributed by atoms with Gasteiger partial charge in [-0.2, -0.15) is 0 Å². The first-order valence-corrected chi connectivity index (χ1v) is 18.5. The molecule has 3 aromatic heterocycles. The second-order valence-corrected chi connectivity index (χ2v) is 14.0. The molecule has 6 heteroatoms. The summed E-state index contributed by atoms with van der Waals surface area (Å²) in [4.78, 5) is 29.2. The van der Waals surface area contributed by atoms with Crippen LogP contribution in [0.5, 0.6) is 0 Å². The van der Waals surface area contributed by atoms with Gasteiger partial charge in [-0.1, -0.05) is 133 Å². The number of rotatable bonds is 5. The number of hydrogen-bond donors (Lipinski definition) is 0. The van der Waals surface area contributed by atoms with Crippen LogP contribution in [0.3, 0.4) is 0 Å². The predicted molar refractivity (Wildman–Crippen MR) is 226 cm³/mol. The summed E-state index contributed by atoms with van der Waals surface area (Å²) >= 11 is 0. The van der Waals surface area contributed by atoms with Crippen molar-refractivity contribution in [3.63, 3.8) is 0 Å². The van der Waals surface area contributed by atoms with E-state index in [9.17, 15) is 9.59 Å². The van der Waals surface area contributed by atoms with Gasteiger partial charge >= 0.3 is 5.69 Å². The van der Waals surface area contributed by atoms with Gasteiger partial charge in [0.05, 0.1) is 22.3 Å². The lowest BCUT2D eigenvalue weighted by Crippen LogP contribution is -2.38. The normalized spacial score (nSPS) is 11.7. The third-order valence-corrected chi connectivity index (χ3v) is 10.8. The molecule has 0 unspecified atom stereocenters. The Morgan fingerprint density at radius 3 is 1.41 bits per heavy atom. The molecule has 0 atom stereocenters.